The van der Waals surface area contributed by atoms with Crippen molar-refractivity contribution in [2.45, 2.75) is 6.54 Å². The van der Waals surface area contributed by atoms with E-state index in [1.807, 2.05) is 78.0 Å². The number of amides is 1. The highest BCUT2D eigenvalue weighted by Crippen LogP contribution is 2.20. The molecule has 2 aromatic heterocycles. The van der Waals surface area contributed by atoms with Gasteiger partial charge in [-0.15, -0.1) is 0 Å². The Labute approximate surface area is 139 Å². The molecule has 5 heteroatoms. The summed E-state index contributed by atoms with van der Waals surface area (Å²) >= 11 is 0. The van der Waals surface area contributed by atoms with Crippen LogP contribution < -0.4 is 5.32 Å². The predicted octanol–water partition coefficient (Wildman–Crippen LogP) is 3.00. The van der Waals surface area contributed by atoms with Gasteiger partial charge in [0, 0.05) is 31.2 Å². The molecular weight excluding hydrogens is 300 g/mol. The smallest absolute Gasteiger partial charge is 0.253 e. The Balaban J connectivity index is 1.60. The molecule has 0 aliphatic carbocycles. The number of fused-ring (bicyclic) bond motifs is 2. The summed E-state index contributed by atoms with van der Waals surface area (Å²) in [5.41, 5.74) is 3.73. The zero-order chi connectivity index (χ0) is 16.7. The van der Waals surface area contributed by atoms with Crippen LogP contribution in [0.4, 0.5) is 0 Å². The number of rotatable bonds is 3. The Hall–Kier alpha value is -3.08. The first-order valence-electron chi connectivity index (χ1n) is 7.88. The lowest BCUT2D eigenvalue weighted by atomic mass is 10.1. The molecule has 0 aliphatic heterocycles. The summed E-state index contributed by atoms with van der Waals surface area (Å²) in [7, 11) is 3.92. The van der Waals surface area contributed by atoms with Crippen LogP contribution in [0.1, 0.15) is 16.2 Å². The van der Waals surface area contributed by atoms with Gasteiger partial charge in [-0.2, -0.15) is 0 Å². The van der Waals surface area contributed by atoms with E-state index in [2.05, 4.69) is 10.3 Å². The van der Waals surface area contributed by atoms with E-state index in [1.165, 1.54) is 0 Å². The fourth-order valence-corrected chi connectivity index (χ4v) is 3.13. The standard InChI is InChI=1S/C19H18N4O/c1-22-12-14(13-7-3-5-9-16(13)22)19(24)20-11-18-21-15-8-4-6-10-17(15)23(18)2/h3-10,12H,11H2,1-2H3,(H,20,24). The van der Waals surface area contributed by atoms with Gasteiger partial charge in [-0.1, -0.05) is 30.3 Å². The van der Waals surface area contributed by atoms with Gasteiger partial charge >= 0.3 is 0 Å². The van der Waals surface area contributed by atoms with Gasteiger partial charge in [-0.25, -0.2) is 4.98 Å². The van der Waals surface area contributed by atoms with Crippen LogP contribution in [0.5, 0.6) is 0 Å². The van der Waals surface area contributed by atoms with E-state index >= 15 is 0 Å². The minimum absolute atomic E-state index is 0.0844. The lowest BCUT2D eigenvalue weighted by molar-refractivity contribution is 0.0951. The number of carbonyl (C=O) groups excluding carboxylic acids is 1. The summed E-state index contributed by atoms with van der Waals surface area (Å²) in [6.45, 7) is 0.396. The van der Waals surface area contributed by atoms with E-state index in [4.69, 9.17) is 0 Å². The largest absolute Gasteiger partial charge is 0.350 e. The Morgan fingerprint density at radius 2 is 1.75 bits per heavy atom. The number of carbonyl (C=O) groups is 1. The van der Waals surface area contributed by atoms with Crippen molar-refractivity contribution in [2.24, 2.45) is 14.1 Å². The van der Waals surface area contributed by atoms with E-state index in [0.717, 1.165) is 27.8 Å². The molecule has 2 heterocycles. The van der Waals surface area contributed by atoms with Crippen LogP contribution in [0, 0.1) is 0 Å². The number of benzene rings is 2. The minimum atomic E-state index is -0.0844. The Morgan fingerprint density at radius 1 is 1.04 bits per heavy atom. The topological polar surface area (TPSA) is 51.9 Å². The zero-order valence-electron chi connectivity index (χ0n) is 13.7. The molecular formula is C19H18N4O. The van der Waals surface area contributed by atoms with Crippen molar-refractivity contribution >= 4 is 27.8 Å². The van der Waals surface area contributed by atoms with Crippen molar-refractivity contribution in [1.82, 2.24) is 19.4 Å². The van der Waals surface area contributed by atoms with Crippen molar-refractivity contribution in [2.75, 3.05) is 0 Å². The van der Waals surface area contributed by atoms with Crippen molar-refractivity contribution < 1.29 is 4.79 Å². The summed E-state index contributed by atoms with van der Waals surface area (Å²) in [4.78, 5) is 17.2. The number of hydrogen-bond acceptors (Lipinski definition) is 2. The SMILES string of the molecule is Cn1cc(C(=O)NCc2nc3ccccc3n2C)c2ccccc21. The van der Waals surface area contributed by atoms with E-state index < -0.39 is 0 Å². The quantitative estimate of drug-likeness (QED) is 0.631. The number of nitrogens with one attached hydrogen (secondary N) is 1. The van der Waals surface area contributed by atoms with Crippen molar-refractivity contribution in [1.29, 1.82) is 0 Å². The average molecular weight is 318 g/mol. The molecule has 0 atom stereocenters. The Morgan fingerprint density at radius 3 is 2.54 bits per heavy atom. The maximum Gasteiger partial charge on any atom is 0.253 e. The van der Waals surface area contributed by atoms with Crippen molar-refractivity contribution in [3.63, 3.8) is 0 Å². The van der Waals surface area contributed by atoms with Crippen molar-refractivity contribution in [3.05, 3.63) is 66.1 Å². The van der Waals surface area contributed by atoms with Gasteiger partial charge in [0.05, 0.1) is 23.1 Å². The molecule has 1 amide bonds. The number of hydrogen-bond donors (Lipinski definition) is 1. The predicted molar refractivity (Wildman–Crippen MR) is 94.8 cm³/mol. The molecule has 1 N–H and O–H groups in total. The first-order valence-corrected chi connectivity index (χ1v) is 7.88. The second kappa shape index (κ2) is 5.53. The molecule has 0 fully saturated rings. The van der Waals surface area contributed by atoms with E-state index in [1.54, 1.807) is 0 Å². The summed E-state index contributed by atoms with van der Waals surface area (Å²) in [5, 5.41) is 3.95. The van der Waals surface area contributed by atoms with Crippen LogP contribution in [-0.2, 0) is 20.6 Å². The summed E-state index contributed by atoms with van der Waals surface area (Å²) in [6, 6.07) is 15.9. The number of imidazole rings is 1. The third-order valence-electron chi connectivity index (χ3n) is 4.43. The maximum atomic E-state index is 12.6. The minimum Gasteiger partial charge on any atom is -0.350 e. The first-order chi connectivity index (χ1) is 11.6. The lowest BCUT2D eigenvalue weighted by Crippen LogP contribution is -2.24. The van der Waals surface area contributed by atoms with Crippen LogP contribution in [0.15, 0.2) is 54.7 Å². The molecule has 0 saturated heterocycles. The van der Waals surface area contributed by atoms with Gasteiger partial charge in [0.2, 0.25) is 0 Å². The molecule has 0 radical (unpaired) electrons. The zero-order valence-corrected chi connectivity index (χ0v) is 13.7. The number of nitrogens with zero attached hydrogens (tertiary/aromatic N) is 3. The highest BCUT2D eigenvalue weighted by atomic mass is 16.1. The molecule has 5 nitrogen and oxygen atoms in total. The molecule has 2 aromatic carbocycles. The molecule has 0 spiro atoms. The molecule has 0 unspecified atom stereocenters. The molecule has 0 aliphatic rings. The molecule has 0 saturated carbocycles. The van der Waals surface area contributed by atoms with Crippen molar-refractivity contribution in [3.8, 4) is 0 Å². The third-order valence-corrected chi connectivity index (χ3v) is 4.43. The van der Waals surface area contributed by atoms with Gasteiger partial charge in [0.15, 0.2) is 0 Å². The molecule has 24 heavy (non-hydrogen) atoms. The summed E-state index contributed by atoms with van der Waals surface area (Å²) < 4.78 is 3.98. The highest BCUT2D eigenvalue weighted by molar-refractivity contribution is 6.06. The lowest BCUT2D eigenvalue weighted by Gasteiger charge is -2.05. The van der Waals surface area contributed by atoms with E-state index in [-0.39, 0.29) is 5.91 Å². The van der Waals surface area contributed by atoms with Crippen LogP contribution in [0.3, 0.4) is 0 Å². The molecule has 120 valence electrons. The first kappa shape index (κ1) is 14.5. The maximum absolute atomic E-state index is 12.6. The van der Waals surface area contributed by atoms with Gasteiger partial charge in [-0.05, 0) is 18.2 Å². The van der Waals surface area contributed by atoms with Gasteiger partial charge in [-0.3, -0.25) is 4.79 Å². The number of aryl methyl sites for hydroxylation is 2. The highest BCUT2D eigenvalue weighted by Gasteiger charge is 2.14. The molecule has 4 aromatic rings. The normalized spacial score (nSPS) is 11.2. The van der Waals surface area contributed by atoms with Crippen LogP contribution in [0.25, 0.3) is 21.9 Å². The summed E-state index contributed by atoms with van der Waals surface area (Å²) in [6.07, 6.45) is 1.87. The van der Waals surface area contributed by atoms with Crippen LogP contribution in [0.2, 0.25) is 0 Å². The second-order valence-electron chi connectivity index (χ2n) is 5.93. The van der Waals surface area contributed by atoms with Crippen LogP contribution in [-0.4, -0.2) is 20.0 Å². The summed E-state index contributed by atoms with van der Waals surface area (Å²) in [5.74, 6) is 0.753. The fourth-order valence-electron chi connectivity index (χ4n) is 3.13. The Kier molecular flexibility index (Phi) is 3.34. The van der Waals surface area contributed by atoms with Gasteiger partial charge in [0.25, 0.3) is 5.91 Å². The van der Waals surface area contributed by atoms with Gasteiger partial charge in [0.1, 0.15) is 5.82 Å². The second-order valence-corrected chi connectivity index (χ2v) is 5.93. The monoisotopic (exact) mass is 318 g/mol. The average Bonchev–Trinajstić information content (AvgIpc) is 3.11. The Bertz CT molecular complexity index is 1060. The van der Waals surface area contributed by atoms with Crippen LogP contribution >= 0.6 is 0 Å². The molecule has 4 rings (SSSR count). The van der Waals surface area contributed by atoms with Gasteiger partial charge < -0.3 is 14.5 Å². The number of para-hydroxylation sites is 3. The van der Waals surface area contributed by atoms with E-state index in [9.17, 15) is 4.79 Å². The molecule has 0 bridgehead atoms. The third kappa shape index (κ3) is 2.25. The number of aromatic nitrogens is 3. The van der Waals surface area contributed by atoms with E-state index in [0.29, 0.717) is 12.1 Å². The fraction of sp³-hybridized carbons (Fsp3) is 0.158.